The molecule has 2 aromatic rings. The number of benzene rings is 1. The molecule has 0 N–H and O–H groups in total. The Labute approximate surface area is 145 Å². The average molecular weight is 348 g/mol. The second-order valence-electron chi connectivity index (χ2n) is 5.11. The molecular weight excluding hydrogens is 328 g/mol. The van der Waals surface area contributed by atoms with Gasteiger partial charge >= 0.3 is 5.97 Å². The van der Waals surface area contributed by atoms with Crippen molar-refractivity contribution in [2.24, 2.45) is 0 Å². The second-order valence-corrected chi connectivity index (χ2v) is 6.37. The van der Waals surface area contributed by atoms with Crippen molar-refractivity contribution < 1.29 is 23.8 Å². The Balaban J connectivity index is 2.06. The Bertz CT molecular complexity index is 748. The monoisotopic (exact) mass is 348 g/mol. The van der Waals surface area contributed by atoms with Crippen LogP contribution >= 0.6 is 11.3 Å². The molecule has 5 nitrogen and oxygen atoms in total. The van der Waals surface area contributed by atoms with E-state index in [9.17, 15) is 9.59 Å². The minimum Gasteiger partial charge on any atom is -0.497 e. The summed E-state index contributed by atoms with van der Waals surface area (Å²) in [5.41, 5.74) is 1.47. The maximum atomic E-state index is 12.3. The molecular formula is C18H20O5S. The van der Waals surface area contributed by atoms with Gasteiger partial charge in [0, 0.05) is 10.9 Å². The van der Waals surface area contributed by atoms with Crippen LogP contribution in [0.2, 0.25) is 0 Å². The van der Waals surface area contributed by atoms with Crippen molar-refractivity contribution in [1.82, 2.24) is 0 Å². The van der Waals surface area contributed by atoms with Crippen LogP contribution in [0.5, 0.6) is 11.5 Å². The number of thiophene rings is 1. The first-order chi connectivity index (χ1) is 11.5. The van der Waals surface area contributed by atoms with Crippen molar-refractivity contribution >= 4 is 23.1 Å². The smallest absolute Gasteiger partial charge is 0.348 e. The summed E-state index contributed by atoms with van der Waals surface area (Å²) in [6.07, 6.45) is 0.859. The van der Waals surface area contributed by atoms with E-state index in [0.29, 0.717) is 21.9 Å². The third-order valence-electron chi connectivity index (χ3n) is 3.65. The summed E-state index contributed by atoms with van der Waals surface area (Å²) in [5.74, 6) is 0.160. The van der Waals surface area contributed by atoms with E-state index >= 15 is 0 Å². The fraction of sp³-hybridized carbons (Fsp3) is 0.333. The summed E-state index contributed by atoms with van der Waals surface area (Å²) in [7, 11) is 3.00. The molecule has 0 bridgehead atoms. The summed E-state index contributed by atoms with van der Waals surface area (Å²) in [5, 5.41) is 0. The number of esters is 1. The molecule has 1 aromatic carbocycles. The van der Waals surface area contributed by atoms with Crippen LogP contribution in [0, 0.1) is 6.92 Å². The van der Waals surface area contributed by atoms with Gasteiger partial charge in [-0.05, 0) is 37.1 Å². The van der Waals surface area contributed by atoms with E-state index in [2.05, 4.69) is 0 Å². The topological polar surface area (TPSA) is 61.8 Å². The highest BCUT2D eigenvalue weighted by Crippen LogP contribution is 2.26. The molecule has 0 saturated carbocycles. The molecule has 0 unspecified atom stereocenters. The van der Waals surface area contributed by atoms with Crippen molar-refractivity contribution in [2.75, 3.05) is 20.8 Å². The van der Waals surface area contributed by atoms with Crippen molar-refractivity contribution in [2.45, 2.75) is 20.3 Å². The molecule has 6 heteroatoms. The van der Waals surface area contributed by atoms with Crippen LogP contribution < -0.4 is 9.47 Å². The third kappa shape index (κ3) is 3.94. The molecule has 0 saturated heterocycles. The number of carbonyl (C=O) groups is 2. The second kappa shape index (κ2) is 7.97. The minimum atomic E-state index is -0.483. The normalized spacial score (nSPS) is 10.3. The number of rotatable bonds is 7. The van der Waals surface area contributed by atoms with Crippen molar-refractivity contribution in [3.8, 4) is 11.5 Å². The van der Waals surface area contributed by atoms with Crippen LogP contribution in [0.25, 0.3) is 0 Å². The molecule has 1 aromatic heterocycles. The number of carbonyl (C=O) groups excluding carboxylic acids is 2. The molecule has 0 atom stereocenters. The Kier molecular flexibility index (Phi) is 5.98. The molecule has 0 amide bonds. The number of hydrogen-bond acceptors (Lipinski definition) is 6. The molecule has 0 radical (unpaired) electrons. The van der Waals surface area contributed by atoms with E-state index in [0.717, 1.165) is 16.9 Å². The lowest BCUT2D eigenvalue weighted by atomic mass is 10.1. The quantitative estimate of drug-likeness (QED) is 0.564. The molecule has 0 aliphatic heterocycles. The molecule has 0 fully saturated rings. The van der Waals surface area contributed by atoms with Gasteiger partial charge in [0.25, 0.3) is 0 Å². The predicted molar refractivity (Wildman–Crippen MR) is 92.6 cm³/mol. The fourth-order valence-electron chi connectivity index (χ4n) is 2.28. The number of hydrogen-bond donors (Lipinski definition) is 0. The average Bonchev–Trinajstić information content (AvgIpc) is 2.99. The van der Waals surface area contributed by atoms with Crippen molar-refractivity contribution in [1.29, 1.82) is 0 Å². The lowest BCUT2D eigenvalue weighted by Crippen LogP contribution is -2.14. The fourth-order valence-corrected chi connectivity index (χ4v) is 3.29. The molecule has 0 aliphatic carbocycles. The number of aryl methyl sites for hydroxylation is 2. The van der Waals surface area contributed by atoms with Gasteiger partial charge < -0.3 is 14.2 Å². The molecule has 0 aliphatic rings. The van der Waals surface area contributed by atoms with Gasteiger partial charge in [0.05, 0.1) is 19.8 Å². The molecule has 0 spiro atoms. The Morgan fingerprint density at radius 3 is 2.46 bits per heavy atom. The van der Waals surface area contributed by atoms with Crippen molar-refractivity contribution in [3.05, 3.63) is 45.1 Å². The van der Waals surface area contributed by atoms with Crippen LogP contribution in [0.3, 0.4) is 0 Å². The summed E-state index contributed by atoms with van der Waals surface area (Å²) in [6.45, 7) is 3.66. The standard InChI is InChI=1S/C18H20O5S/c1-5-12-8-17(24-11(12)2)18(20)23-10-15(19)14-7-6-13(21-3)9-16(14)22-4/h6-9H,5,10H2,1-4H3. The van der Waals surface area contributed by atoms with E-state index in [1.54, 1.807) is 18.2 Å². The predicted octanol–water partition coefficient (Wildman–Crippen LogP) is 3.68. The maximum absolute atomic E-state index is 12.3. The maximum Gasteiger partial charge on any atom is 0.348 e. The number of methoxy groups -OCH3 is 2. The molecule has 128 valence electrons. The van der Waals surface area contributed by atoms with E-state index in [1.165, 1.54) is 25.6 Å². The van der Waals surface area contributed by atoms with Crippen LogP contribution in [-0.2, 0) is 11.2 Å². The van der Waals surface area contributed by atoms with Gasteiger partial charge in [-0.2, -0.15) is 0 Å². The highest BCUT2D eigenvalue weighted by atomic mass is 32.1. The summed E-state index contributed by atoms with van der Waals surface area (Å²) >= 11 is 1.38. The lowest BCUT2D eigenvalue weighted by Gasteiger charge is -2.09. The summed E-state index contributed by atoms with van der Waals surface area (Å²) in [4.78, 5) is 26.0. The number of ether oxygens (including phenoxy) is 3. The zero-order chi connectivity index (χ0) is 17.7. The Morgan fingerprint density at radius 2 is 1.88 bits per heavy atom. The summed E-state index contributed by atoms with van der Waals surface area (Å²) < 4.78 is 15.4. The highest BCUT2D eigenvalue weighted by Gasteiger charge is 2.18. The zero-order valence-corrected chi connectivity index (χ0v) is 15.0. The Hall–Kier alpha value is -2.34. The molecule has 2 rings (SSSR count). The van der Waals surface area contributed by atoms with E-state index < -0.39 is 5.97 Å². The number of ketones is 1. The lowest BCUT2D eigenvalue weighted by molar-refractivity contribution is 0.0478. The first-order valence-corrected chi connectivity index (χ1v) is 8.33. The van der Waals surface area contributed by atoms with Crippen LogP contribution in [0.4, 0.5) is 0 Å². The SMILES string of the molecule is CCc1cc(C(=O)OCC(=O)c2ccc(OC)cc2OC)sc1C. The third-order valence-corrected chi connectivity index (χ3v) is 4.72. The van der Waals surface area contributed by atoms with E-state index in [4.69, 9.17) is 14.2 Å². The van der Waals surface area contributed by atoms with Gasteiger partial charge in [0.2, 0.25) is 5.78 Å². The molecule has 1 heterocycles. The van der Waals surface area contributed by atoms with Gasteiger partial charge in [0.1, 0.15) is 16.4 Å². The first-order valence-electron chi connectivity index (χ1n) is 7.51. The van der Waals surface area contributed by atoms with Gasteiger partial charge in [0.15, 0.2) is 6.61 Å². The van der Waals surface area contributed by atoms with Crippen LogP contribution in [0.15, 0.2) is 24.3 Å². The largest absolute Gasteiger partial charge is 0.497 e. The Morgan fingerprint density at radius 1 is 1.12 bits per heavy atom. The van der Waals surface area contributed by atoms with Crippen LogP contribution in [0.1, 0.15) is 37.4 Å². The number of Topliss-reactive ketones (excluding diaryl/α,β-unsaturated/α-hetero) is 1. The molecule has 24 heavy (non-hydrogen) atoms. The van der Waals surface area contributed by atoms with E-state index in [1.807, 2.05) is 19.9 Å². The van der Waals surface area contributed by atoms with E-state index in [-0.39, 0.29) is 12.4 Å². The van der Waals surface area contributed by atoms with Gasteiger partial charge in [-0.1, -0.05) is 6.92 Å². The van der Waals surface area contributed by atoms with Gasteiger partial charge in [-0.25, -0.2) is 4.79 Å². The van der Waals surface area contributed by atoms with Crippen LogP contribution in [-0.4, -0.2) is 32.6 Å². The summed E-state index contributed by atoms with van der Waals surface area (Å²) in [6, 6.07) is 6.69. The highest BCUT2D eigenvalue weighted by molar-refractivity contribution is 7.14. The first kappa shape index (κ1) is 18.0. The zero-order valence-electron chi connectivity index (χ0n) is 14.2. The minimum absolute atomic E-state index is 0.327. The van der Waals surface area contributed by atoms with Gasteiger partial charge in [-0.3, -0.25) is 4.79 Å². The van der Waals surface area contributed by atoms with Gasteiger partial charge in [-0.15, -0.1) is 11.3 Å². The van der Waals surface area contributed by atoms with Crippen molar-refractivity contribution in [3.63, 3.8) is 0 Å².